The van der Waals surface area contributed by atoms with Gasteiger partial charge in [-0.25, -0.2) is 0 Å². The summed E-state index contributed by atoms with van der Waals surface area (Å²) < 4.78 is 11.2. The highest BCUT2D eigenvalue weighted by Gasteiger charge is 2.22. The summed E-state index contributed by atoms with van der Waals surface area (Å²) in [5.74, 6) is 0. The predicted molar refractivity (Wildman–Crippen MR) is 72.8 cm³/mol. The molecule has 1 N–H and O–H groups in total. The predicted octanol–water partition coefficient (Wildman–Crippen LogP) is 1.66. The summed E-state index contributed by atoms with van der Waals surface area (Å²) in [6.07, 6.45) is 3.51. The third kappa shape index (κ3) is 6.69. The van der Waals surface area contributed by atoms with Crippen LogP contribution in [0.1, 0.15) is 40.0 Å². The first-order valence-electron chi connectivity index (χ1n) is 7.25. The van der Waals surface area contributed by atoms with Crippen molar-refractivity contribution in [2.24, 2.45) is 0 Å². The molecule has 4 nitrogen and oxygen atoms in total. The molecule has 4 heteroatoms. The molecule has 0 amide bonds. The molecule has 0 aliphatic carbocycles. The zero-order chi connectivity index (χ0) is 13.4. The SMILES string of the molecule is CCCOC1CCCN(CC(O)COC(C)C)C1. The molecule has 0 radical (unpaired) electrons. The first-order valence-corrected chi connectivity index (χ1v) is 7.25. The number of β-amino-alcohol motifs (C(OH)–C–C–N with tert-alkyl or cyclic N) is 1. The van der Waals surface area contributed by atoms with Crippen LogP contribution < -0.4 is 0 Å². The van der Waals surface area contributed by atoms with E-state index in [1.807, 2.05) is 13.8 Å². The Bertz CT molecular complexity index is 211. The largest absolute Gasteiger partial charge is 0.389 e. The van der Waals surface area contributed by atoms with E-state index >= 15 is 0 Å². The summed E-state index contributed by atoms with van der Waals surface area (Å²) in [5.41, 5.74) is 0. The van der Waals surface area contributed by atoms with Crippen LogP contribution in [-0.2, 0) is 9.47 Å². The van der Waals surface area contributed by atoms with E-state index in [1.165, 1.54) is 0 Å². The highest BCUT2D eigenvalue weighted by atomic mass is 16.5. The van der Waals surface area contributed by atoms with E-state index in [2.05, 4.69) is 11.8 Å². The van der Waals surface area contributed by atoms with Crippen LogP contribution in [0.3, 0.4) is 0 Å². The Hall–Kier alpha value is -0.160. The van der Waals surface area contributed by atoms with Gasteiger partial charge < -0.3 is 14.6 Å². The summed E-state index contributed by atoms with van der Waals surface area (Å²) in [7, 11) is 0. The Morgan fingerprint density at radius 3 is 2.83 bits per heavy atom. The standard InChI is InChI=1S/C14H29NO3/c1-4-8-17-14-6-5-7-15(10-14)9-13(16)11-18-12(2)3/h12-14,16H,4-11H2,1-3H3. The molecular formula is C14H29NO3. The van der Waals surface area contributed by atoms with Crippen molar-refractivity contribution in [2.75, 3.05) is 32.8 Å². The van der Waals surface area contributed by atoms with Crippen molar-refractivity contribution in [3.63, 3.8) is 0 Å². The number of likely N-dealkylation sites (tertiary alicyclic amines) is 1. The lowest BCUT2D eigenvalue weighted by Gasteiger charge is -2.33. The summed E-state index contributed by atoms with van der Waals surface area (Å²) in [6, 6.07) is 0. The van der Waals surface area contributed by atoms with Gasteiger partial charge >= 0.3 is 0 Å². The molecule has 2 atom stereocenters. The topological polar surface area (TPSA) is 41.9 Å². The molecule has 108 valence electrons. The molecule has 0 bridgehead atoms. The van der Waals surface area contributed by atoms with E-state index in [1.54, 1.807) is 0 Å². The van der Waals surface area contributed by atoms with Crippen LogP contribution in [0.25, 0.3) is 0 Å². The molecule has 0 aromatic carbocycles. The average molecular weight is 259 g/mol. The van der Waals surface area contributed by atoms with Gasteiger partial charge in [-0.15, -0.1) is 0 Å². The van der Waals surface area contributed by atoms with E-state index in [-0.39, 0.29) is 6.10 Å². The number of aliphatic hydroxyl groups is 1. The summed E-state index contributed by atoms with van der Waals surface area (Å²) in [6.45, 7) is 10.1. The number of ether oxygens (including phenoxy) is 2. The molecule has 0 saturated carbocycles. The van der Waals surface area contributed by atoms with Gasteiger partial charge in [-0.1, -0.05) is 6.92 Å². The molecule has 1 fully saturated rings. The second-order valence-corrected chi connectivity index (χ2v) is 5.43. The molecule has 0 spiro atoms. The minimum absolute atomic E-state index is 0.182. The van der Waals surface area contributed by atoms with Gasteiger partial charge in [0.2, 0.25) is 0 Å². The van der Waals surface area contributed by atoms with E-state index in [0.29, 0.717) is 19.3 Å². The maximum atomic E-state index is 9.91. The molecule has 2 unspecified atom stereocenters. The lowest BCUT2D eigenvalue weighted by molar-refractivity contribution is -0.0354. The molecule has 1 heterocycles. The van der Waals surface area contributed by atoms with Gasteiger partial charge in [-0.3, -0.25) is 4.90 Å². The number of nitrogens with zero attached hydrogens (tertiary/aromatic N) is 1. The lowest BCUT2D eigenvalue weighted by Crippen LogP contribution is -2.44. The minimum atomic E-state index is -0.391. The number of rotatable bonds is 8. The molecule has 1 aliphatic heterocycles. The normalized spacial score (nSPS) is 23.5. The summed E-state index contributed by atoms with van der Waals surface area (Å²) >= 11 is 0. The van der Waals surface area contributed by atoms with Crippen molar-refractivity contribution in [3.8, 4) is 0 Å². The third-order valence-corrected chi connectivity index (χ3v) is 3.11. The number of piperidine rings is 1. The van der Waals surface area contributed by atoms with Crippen LogP contribution in [0.4, 0.5) is 0 Å². The van der Waals surface area contributed by atoms with Crippen molar-refractivity contribution >= 4 is 0 Å². The minimum Gasteiger partial charge on any atom is -0.389 e. The maximum Gasteiger partial charge on any atom is 0.0900 e. The monoisotopic (exact) mass is 259 g/mol. The maximum absolute atomic E-state index is 9.91. The molecule has 0 aromatic rings. The second kappa shape index (κ2) is 8.86. The highest BCUT2D eigenvalue weighted by Crippen LogP contribution is 2.14. The summed E-state index contributed by atoms with van der Waals surface area (Å²) in [5, 5.41) is 9.91. The van der Waals surface area contributed by atoms with Crippen molar-refractivity contribution in [1.29, 1.82) is 0 Å². The van der Waals surface area contributed by atoms with E-state index in [0.717, 1.165) is 39.0 Å². The van der Waals surface area contributed by atoms with E-state index < -0.39 is 6.10 Å². The van der Waals surface area contributed by atoms with Crippen LogP contribution >= 0.6 is 0 Å². The molecule has 1 rings (SSSR count). The quantitative estimate of drug-likeness (QED) is 0.720. The Kier molecular flexibility index (Phi) is 7.82. The Labute approximate surface area is 111 Å². The molecule has 0 aromatic heterocycles. The fourth-order valence-electron chi connectivity index (χ4n) is 2.25. The smallest absolute Gasteiger partial charge is 0.0900 e. The van der Waals surface area contributed by atoms with Gasteiger partial charge in [0.15, 0.2) is 0 Å². The Morgan fingerprint density at radius 1 is 1.39 bits per heavy atom. The fourth-order valence-corrected chi connectivity index (χ4v) is 2.25. The van der Waals surface area contributed by atoms with Gasteiger partial charge in [0.1, 0.15) is 0 Å². The van der Waals surface area contributed by atoms with Crippen LogP contribution in [0.15, 0.2) is 0 Å². The van der Waals surface area contributed by atoms with Crippen molar-refractivity contribution in [2.45, 2.75) is 58.3 Å². The average Bonchev–Trinajstić information content (AvgIpc) is 2.34. The first-order chi connectivity index (χ1) is 8.61. The van der Waals surface area contributed by atoms with Gasteiger partial charge in [0.05, 0.1) is 24.9 Å². The highest BCUT2D eigenvalue weighted by molar-refractivity contribution is 4.75. The lowest BCUT2D eigenvalue weighted by atomic mass is 10.1. The number of hydrogen-bond donors (Lipinski definition) is 1. The van der Waals surface area contributed by atoms with Crippen molar-refractivity contribution < 1.29 is 14.6 Å². The Morgan fingerprint density at radius 2 is 2.17 bits per heavy atom. The van der Waals surface area contributed by atoms with E-state index in [9.17, 15) is 5.11 Å². The van der Waals surface area contributed by atoms with Crippen molar-refractivity contribution in [3.05, 3.63) is 0 Å². The van der Waals surface area contributed by atoms with Gasteiger partial charge in [-0.2, -0.15) is 0 Å². The Balaban J connectivity index is 2.20. The molecular weight excluding hydrogens is 230 g/mol. The number of hydrogen-bond acceptors (Lipinski definition) is 4. The van der Waals surface area contributed by atoms with Crippen LogP contribution in [0.2, 0.25) is 0 Å². The third-order valence-electron chi connectivity index (χ3n) is 3.11. The van der Waals surface area contributed by atoms with Gasteiger partial charge in [0, 0.05) is 19.7 Å². The first kappa shape index (κ1) is 15.9. The van der Waals surface area contributed by atoms with Gasteiger partial charge in [-0.05, 0) is 39.7 Å². The van der Waals surface area contributed by atoms with E-state index in [4.69, 9.17) is 9.47 Å². The fraction of sp³-hybridized carbons (Fsp3) is 1.00. The van der Waals surface area contributed by atoms with Crippen LogP contribution in [-0.4, -0.2) is 61.2 Å². The zero-order valence-electron chi connectivity index (χ0n) is 12.1. The second-order valence-electron chi connectivity index (χ2n) is 5.43. The molecule has 18 heavy (non-hydrogen) atoms. The summed E-state index contributed by atoms with van der Waals surface area (Å²) in [4.78, 5) is 2.29. The molecule has 1 saturated heterocycles. The molecule has 1 aliphatic rings. The van der Waals surface area contributed by atoms with Crippen LogP contribution in [0, 0.1) is 0 Å². The van der Waals surface area contributed by atoms with Crippen molar-refractivity contribution in [1.82, 2.24) is 4.90 Å². The number of aliphatic hydroxyl groups excluding tert-OH is 1. The van der Waals surface area contributed by atoms with Gasteiger partial charge in [0.25, 0.3) is 0 Å². The zero-order valence-corrected chi connectivity index (χ0v) is 12.1. The van der Waals surface area contributed by atoms with Crippen LogP contribution in [0.5, 0.6) is 0 Å².